The molecular formula is C14H21NO3. The number of rotatable bonds is 4. The Morgan fingerprint density at radius 2 is 1.83 bits per heavy atom. The molecule has 0 saturated heterocycles. The topological polar surface area (TPSA) is 49.8 Å². The number of hydrogen-bond donors (Lipinski definition) is 1. The third-order valence-corrected chi connectivity index (χ3v) is 3.33. The van der Waals surface area contributed by atoms with Crippen molar-refractivity contribution in [3.63, 3.8) is 0 Å². The Labute approximate surface area is 108 Å². The summed E-state index contributed by atoms with van der Waals surface area (Å²) in [7, 11) is 4.96. The summed E-state index contributed by atoms with van der Waals surface area (Å²) in [6.07, 6.45) is 0. The van der Waals surface area contributed by atoms with Crippen molar-refractivity contribution in [1.29, 1.82) is 0 Å². The fourth-order valence-corrected chi connectivity index (χ4v) is 1.81. The van der Waals surface area contributed by atoms with E-state index in [2.05, 4.69) is 0 Å². The van der Waals surface area contributed by atoms with Gasteiger partial charge in [-0.05, 0) is 24.6 Å². The molecule has 0 saturated carbocycles. The van der Waals surface area contributed by atoms with E-state index >= 15 is 0 Å². The highest BCUT2D eigenvalue weighted by Crippen LogP contribution is 2.31. The number of benzene rings is 1. The molecule has 2 atom stereocenters. The molecule has 0 radical (unpaired) electrons. The highest BCUT2D eigenvalue weighted by molar-refractivity contribution is 5.79. The van der Waals surface area contributed by atoms with Gasteiger partial charge >= 0.3 is 0 Å². The maximum absolute atomic E-state index is 11.9. The van der Waals surface area contributed by atoms with Crippen molar-refractivity contribution < 1.29 is 14.6 Å². The van der Waals surface area contributed by atoms with Gasteiger partial charge < -0.3 is 14.7 Å². The van der Waals surface area contributed by atoms with Crippen molar-refractivity contribution in [2.24, 2.45) is 5.92 Å². The van der Waals surface area contributed by atoms with Crippen LogP contribution in [0.3, 0.4) is 0 Å². The van der Waals surface area contributed by atoms with Gasteiger partial charge in [-0.15, -0.1) is 0 Å². The molecule has 1 N–H and O–H groups in total. The first-order valence-corrected chi connectivity index (χ1v) is 5.88. The van der Waals surface area contributed by atoms with Crippen LogP contribution in [0.1, 0.15) is 19.4 Å². The fraction of sp³-hybridized carbons (Fsp3) is 0.500. The Balaban J connectivity index is 3.00. The van der Waals surface area contributed by atoms with Gasteiger partial charge in [0.15, 0.2) is 0 Å². The molecule has 1 amide bonds. The fourth-order valence-electron chi connectivity index (χ4n) is 1.81. The molecule has 1 aromatic carbocycles. The summed E-state index contributed by atoms with van der Waals surface area (Å²) in [6.45, 7) is 3.38. The Bertz CT molecular complexity index is 410. The summed E-state index contributed by atoms with van der Waals surface area (Å²) in [5, 5.41) is 10.5. The van der Waals surface area contributed by atoms with E-state index in [4.69, 9.17) is 4.74 Å². The van der Waals surface area contributed by atoms with Crippen LogP contribution in [0, 0.1) is 5.92 Å². The van der Waals surface area contributed by atoms with E-state index in [0.29, 0.717) is 5.56 Å². The maximum atomic E-state index is 11.9. The first-order chi connectivity index (χ1) is 8.30. The molecule has 0 fully saturated rings. The van der Waals surface area contributed by atoms with Crippen molar-refractivity contribution in [2.75, 3.05) is 21.2 Å². The zero-order chi connectivity index (χ0) is 13.9. The highest BCUT2D eigenvalue weighted by atomic mass is 16.5. The maximum Gasteiger partial charge on any atom is 0.228 e. The van der Waals surface area contributed by atoms with E-state index in [9.17, 15) is 9.90 Å². The van der Waals surface area contributed by atoms with Gasteiger partial charge in [-0.3, -0.25) is 4.79 Å². The lowest BCUT2D eigenvalue weighted by Gasteiger charge is -2.31. The first kappa shape index (κ1) is 14.5. The van der Waals surface area contributed by atoms with E-state index in [1.165, 1.54) is 4.90 Å². The summed E-state index contributed by atoms with van der Waals surface area (Å²) in [5.74, 6) is 0.109. The van der Waals surface area contributed by atoms with Crippen LogP contribution in [-0.2, 0) is 10.4 Å². The molecule has 0 aromatic heterocycles. The van der Waals surface area contributed by atoms with Crippen LogP contribution < -0.4 is 4.74 Å². The van der Waals surface area contributed by atoms with Crippen LogP contribution in [0.5, 0.6) is 5.75 Å². The number of carbonyl (C=O) groups is 1. The molecule has 0 heterocycles. The summed E-state index contributed by atoms with van der Waals surface area (Å²) in [6, 6.07) is 7.10. The largest absolute Gasteiger partial charge is 0.497 e. The monoisotopic (exact) mass is 251 g/mol. The summed E-state index contributed by atoms with van der Waals surface area (Å²) >= 11 is 0. The predicted octanol–water partition coefficient (Wildman–Crippen LogP) is 1.63. The van der Waals surface area contributed by atoms with Crippen molar-refractivity contribution >= 4 is 5.91 Å². The Hall–Kier alpha value is -1.55. The van der Waals surface area contributed by atoms with Crippen LogP contribution in [0.4, 0.5) is 0 Å². The molecule has 1 aromatic rings. The average molecular weight is 251 g/mol. The van der Waals surface area contributed by atoms with Gasteiger partial charge in [-0.2, -0.15) is 0 Å². The van der Waals surface area contributed by atoms with Gasteiger partial charge in [-0.1, -0.05) is 19.1 Å². The first-order valence-electron chi connectivity index (χ1n) is 5.88. The summed E-state index contributed by atoms with van der Waals surface area (Å²) in [4.78, 5) is 13.4. The molecule has 1 rings (SSSR count). The van der Waals surface area contributed by atoms with Gasteiger partial charge in [0.05, 0.1) is 18.6 Å². The molecule has 0 aliphatic heterocycles. The number of hydrogen-bond acceptors (Lipinski definition) is 3. The third kappa shape index (κ3) is 2.82. The van der Waals surface area contributed by atoms with Gasteiger partial charge in [0.2, 0.25) is 5.91 Å². The number of aliphatic hydroxyl groups is 1. The van der Waals surface area contributed by atoms with E-state index in [1.54, 1.807) is 59.3 Å². The van der Waals surface area contributed by atoms with Crippen LogP contribution in [0.15, 0.2) is 24.3 Å². The van der Waals surface area contributed by atoms with Crippen molar-refractivity contribution in [3.05, 3.63) is 29.8 Å². The standard InChI is InChI=1S/C14H21NO3/c1-10(13(16)15(3)4)14(2,17)11-6-8-12(18-5)9-7-11/h6-10,17H,1-5H3/t10-,14+/m0/s1. The molecule has 4 heteroatoms. The van der Waals surface area contributed by atoms with E-state index in [1.807, 2.05) is 0 Å². The van der Waals surface area contributed by atoms with Crippen molar-refractivity contribution in [3.8, 4) is 5.75 Å². The number of amides is 1. The minimum Gasteiger partial charge on any atom is -0.497 e. The molecule has 0 aliphatic carbocycles. The van der Waals surface area contributed by atoms with Crippen LogP contribution in [0.2, 0.25) is 0 Å². The van der Waals surface area contributed by atoms with E-state index in [0.717, 1.165) is 5.75 Å². The molecule has 0 bridgehead atoms. The zero-order valence-corrected chi connectivity index (χ0v) is 11.6. The second kappa shape index (κ2) is 5.40. The van der Waals surface area contributed by atoms with Gasteiger partial charge in [0.25, 0.3) is 0 Å². The quantitative estimate of drug-likeness (QED) is 0.884. The number of ether oxygens (including phenoxy) is 1. The Kier molecular flexibility index (Phi) is 4.35. The lowest BCUT2D eigenvalue weighted by atomic mass is 9.83. The van der Waals surface area contributed by atoms with Crippen LogP contribution >= 0.6 is 0 Å². The molecule has 4 nitrogen and oxygen atoms in total. The molecule has 0 spiro atoms. The minimum absolute atomic E-state index is 0.101. The van der Waals surface area contributed by atoms with Gasteiger partial charge in [0, 0.05) is 14.1 Å². The molecule has 0 unspecified atom stereocenters. The minimum atomic E-state index is -1.20. The molecule has 0 aliphatic rings. The number of carbonyl (C=O) groups excluding carboxylic acids is 1. The zero-order valence-electron chi connectivity index (χ0n) is 11.6. The van der Waals surface area contributed by atoms with Gasteiger partial charge in [0.1, 0.15) is 5.75 Å². The Morgan fingerprint density at radius 1 is 1.33 bits per heavy atom. The lowest BCUT2D eigenvalue weighted by Crippen LogP contribution is -2.41. The second-order valence-corrected chi connectivity index (χ2v) is 4.83. The smallest absolute Gasteiger partial charge is 0.228 e. The predicted molar refractivity (Wildman–Crippen MR) is 70.4 cm³/mol. The number of nitrogens with zero attached hydrogens (tertiary/aromatic N) is 1. The average Bonchev–Trinajstić information content (AvgIpc) is 2.36. The summed E-state index contributed by atoms with van der Waals surface area (Å²) in [5.41, 5.74) is -0.501. The third-order valence-electron chi connectivity index (χ3n) is 3.33. The van der Waals surface area contributed by atoms with E-state index in [-0.39, 0.29) is 5.91 Å². The highest BCUT2D eigenvalue weighted by Gasteiger charge is 2.36. The molecular weight excluding hydrogens is 230 g/mol. The van der Waals surface area contributed by atoms with Gasteiger partial charge in [-0.25, -0.2) is 0 Å². The van der Waals surface area contributed by atoms with Crippen molar-refractivity contribution in [2.45, 2.75) is 19.4 Å². The molecule has 18 heavy (non-hydrogen) atoms. The second-order valence-electron chi connectivity index (χ2n) is 4.83. The van der Waals surface area contributed by atoms with Crippen LogP contribution in [-0.4, -0.2) is 37.1 Å². The lowest BCUT2D eigenvalue weighted by molar-refractivity contribution is -0.141. The van der Waals surface area contributed by atoms with Crippen LogP contribution in [0.25, 0.3) is 0 Å². The molecule has 100 valence electrons. The normalized spacial score (nSPS) is 15.7. The summed E-state index contributed by atoms with van der Waals surface area (Å²) < 4.78 is 5.07. The number of methoxy groups -OCH3 is 1. The van der Waals surface area contributed by atoms with E-state index < -0.39 is 11.5 Å². The van der Waals surface area contributed by atoms with Crippen molar-refractivity contribution in [1.82, 2.24) is 4.90 Å². The Morgan fingerprint density at radius 3 is 2.22 bits per heavy atom. The SMILES string of the molecule is COc1ccc([C@](C)(O)[C@@H](C)C(=O)N(C)C)cc1.